The number of aromatic nitrogens is 1. The third kappa shape index (κ3) is 3.30. The van der Waals surface area contributed by atoms with Crippen LogP contribution in [0, 0.1) is 5.82 Å². The molecule has 2 atom stereocenters. The lowest BCUT2D eigenvalue weighted by Gasteiger charge is -2.32. The highest BCUT2D eigenvalue weighted by atomic mass is 35.5. The number of methoxy groups -OCH3 is 1. The van der Waals surface area contributed by atoms with Crippen LogP contribution >= 0.6 is 23.4 Å². The summed E-state index contributed by atoms with van der Waals surface area (Å²) in [5.41, 5.74) is 6.00. The minimum absolute atomic E-state index is 0.0995. The van der Waals surface area contributed by atoms with E-state index in [4.69, 9.17) is 22.1 Å². The molecule has 0 radical (unpaired) electrons. The third-order valence-electron chi connectivity index (χ3n) is 5.06. The first-order valence-electron chi connectivity index (χ1n) is 8.85. The molecule has 0 saturated carbocycles. The maximum atomic E-state index is 14.8. The van der Waals surface area contributed by atoms with Crippen LogP contribution in [0.15, 0.2) is 53.2 Å². The highest BCUT2D eigenvalue weighted by Gasteiger charge is 2.63. The minimum atomic E-state index is -1.22. The summed E-state index contributed by atoms with van der Waals surface area (Å²) in [6, 6.07) is 7.13. The van der Waals surface area contributed by atoms with Crippen molar-refractivity contribution < 1.29 is 18.3 Å². The van der Waals surface area contributed by atoms with Crippen LogP contribution in [0.25, 0.3) is 11.9 Å². The quantitative estimate of drug-likeness (QED) is 0.552. The van der Waals surface area contributed by atoms with Gasteiger partial charge < -0.3 is 10.5 Å². The number of aliphatic imine (C=N–C) groups is 1. The molecule has 0 saturated heterocycles. The number of hydrogen-bond acceptors (Lipinski definition) is 6. The number of ether oxygens (including phenoxy) is 1. The Labute approximate surface area is 180 Å². The molecule has 1 aliphatic heterocycles. The van der Waals surface area contributed by atoms with Crippen molar-refractivity contribution in [1.29, 1.82) is 0 Å². The molecule has 2 N–H and O–H groups in total. The van der Waals surface area contributed by atoms with E-state index in [1.54, 1.807) is 13.0 Å². The summed E-state index contributed by atoms with van der Waals surface area (Å²) < 4.78 is 33.3. The van der Waals surface area contributed by atoms with Gasteiger partial charge >= 0.3 is 5.97 Å². The average Bonchev–Trinajstić information content (AvgIpc) is 3.45. The number of esters is 1. The van der Waals surface area contributed by atoms with Crippen LogP contribution in [-0.4, -0.2) is 28.0 Å². The number of fused-ring (bicyclic) bond motifs is 1. The Morgan fingerprint density at radius 1 is 1.33 bits per heavy atom. The van der Waals surface area contributed by atoms with Crippen molar-refractivity contribution in [3.05, 3.63) is 75.8 Å². The monoisotopic (exact) mass is 447 g/mol. The van der Waals surface area contributed by atoms with Crippen molar-refractivity contribution in [2.75, 3.05) is 7.11 Å². The molecule has 0 amide bonds. The fourth-order valence-corrected chi connectivity index (χ4v) is 4.85. The molecule has 1 aromatic carbocycles. The number of halogens is 3. The first kappa shape index (κ1) is 20.6. The fraction of sp³-hybridized carbons (Fsp3) is 0.190. The molecule has 154 valence electrons. The van der Waals surface area contributed by atoms with E-state index in [-0.39, 0.29) is 16.4 Å². The van der Waals surface area contributed by atoms with E-state index in [1.807, 2.05) is 0 Å². The number of carbonyl (C=O) groups is 1. The van der Waals surface area contributed by atoms with Gasteiger partial charge in [-0.05, 0) is 54.5 Å². The number of benzene rings is 1. The van der Waals surface area contributed by atoms with Gasteiger partial charge in [-0.25, -0.2) is 18.6 Å². The maximum Gasteiger partial charge on any atom is 0.330 e. The molecule has 0 fully saturated rings. The Morgan fingerprint density at radius 3 is 2.77 bits per heavy atom. The lowest BCUT2D eigenvalue weighted by Crippen LogP contribution is -2.39. The standard InChI is InChI=1S/C21H16ClF2N3O2S/c1-20(17-9-21(17,18(28)29-2)30-19(25)27-20)13-7-11(3-5-14(13)23)8-15(24)16-6-4-12(22)10-26-16/h3-10H,1-2H3,(H2,25,27)/b15-8-/t20-,21+/m1/s1. The highest BCUT2D eigenvalue weighted by molar-refractivity contribution is 8.16. The van der Waals surface area contributed by atoms with Gasteiger partial charge in [0.2, 0.25) is 0 Å². The number of carbonyl (C=O) groups excluding carboxylic acids is 1. The molecule has 1 aromatic heterocycles. The number of nitrogens with zero attached hydrogens (tertiary/aromatic N) is 2. The van der Waals surface area contributed by atoms with Crippen LogP contribution in [0.4, 0.5) is 8.78 Å². The summed E-state index contributed by atoms with van der Waals surface area (Å²) in [4.78, 5) is 20.6. The number of nitrogens with two attached hydrogens (primary N) is 1. The normalized spacial score (nSPS) is 25.2. The SMILES string of the molecule is COC(=O)[C@]12C=C1[C@@](C)(c1cc(/C=C(\F)c3ccc(Cl)cn3)ccc1F)N=C(N)S2. The minimum Gasteiger partial charge on any atom is -0.467 e. The van der Waals surface area contributed by atoms with Crippen molar-refractivity contribution in [2.24, 2.45) is 10.7 Å². The lowest BCUT2D eigenvalue weighted by molar-refractivity contribution is -0.140. The summed E-state index contributed by atoms with van der Waals surface area (Å²) in [6.07, 6.45) is 4.25. The summed E-state index contributed by atoms with van der Waals surface area (Å²) in [7, 11) is 1.28. The molecule has 30 heavy (non-hydrogen) atoms. The zero-order valence-corrected chi connectivity index (χ0v) is 17.5. The van der Waals surface area contributed by atoms with E-state index in [0.717, 1.165) is 11.8 Å². The molecule has 0 bridgehead atoms. The third-order valence-corrected chi connectivity index (χ3v) is 6.41. The van der Waals surface area contributed by atoms with E-state index in [2.05, 4.69) is 9.98 Å². The topological polar surface area (TPSA) is 77.6 Å². The first-order valence-corrected chi connectivity index (χ1v) is 10.0. The van der Waals surface area contributed by atoms with E-state index in [0.29, 0.717) is 16.2 Å². The smallest absolute Gasteiger partial charge is 0.330 e. The summed E-state index contributed by atoms with van der Waals surface area (Å²) >= 11 is 6.84. The van der Waals surface area contributed by atoms with Crippen LogP contribution in [0.5, 0.6) is 0 Å². The van der Waals surface area contributed by atoms with Crippen molar-refractivity contribution in [2.45, 2.75) is 17.2 Å². The van der Waals surface area contributed by atoms with Gasteiger partial charge in [-0.1, -0.05) is 29.4 Å². The average molecular weight is 448 g/mol. The van der Waals surface area contributed by atoms with Crippen molar-refractivity contribution in [3.63, 3.8) is 0 Å². The Morgan fingerprint density at radius 2 is 2.10 bits per heavy atom. The molecule has 2 heterocycles. The van der Waals surface area contributed by atoms with E-state index in [1.165, 1.54) is 49.7 Å². The zero-order valence-electron chi connectivity index (χ0n) is 15.9. The van der Waals surface area contributed by atoms with E-state index in [9.17, 15) is 13.6 Å². The van der Waals surface area contributed by atoms with Crippen molar-refractivity contribution >= 4 is 46.4 Å². The van der Waals surface area contributed by atoms with Crippen LogP contribution in [0.1, 0.15) is 23.7 Å². The molecular weight excluding hydrogens is 432 g/mol. The van der Waals surface area contributed by atoms with Crippen molar-refractivity contribution in [3.8, 4) is 0 Å². The van der Waals surface area contributed by atoms with Gasteiger partial charge in [0.15, 0.2) is 9.91 Å². The summed E-state index contributed by atoms with van der Waals surface area (Å²) in [5.74, 6) is -1.65. The number of hydrogen-bond donors (Lipinski definition) is 1. The van der Waals surface area contributed by atoms with Gasteiger partial charge in [-0.15, -0.1) is 0 Å². The molecule has 2 aromatic rings. The maximum absolute atomic E-state index is 14.8. The van der Waals surface area contributed by atoms with Gasteiger partial charge in [0.05, 0.1) is 17.8 Å². The number of rotatable bonds is 4. The van der Waals surface area contributed by atoms with Crippen LogP contribution in [-0.2, 0) is 15.1 Å². The molecular formula is C21H16ClF2N3O2S. The zero-order chi connectivity index (χ0) is 21.7. The molecule has 0 unspecified atom stereocenters. The van der Waals surface area contributed by atoms with Crippen LogP contribution in [0.3, 0.4) is 0 Å². The fourth-order valence-electron chi connectivity index (χ4n) is 3.53. The van der Waals surface area contributed by atoms with Gasteiger partial charge in [0, 0.05) is 11.8 Å². The second kappa shape index (κ2) is 7.21. The summed E-state index contributed by atoms with van der Waals surface area (Å²) in [5, 5.41) is 0.526. The Bertz CT molecular complexity index is 1150. The predicted molar refractivity (Wildman–Crippen MR) is 114 cm³/mol. The molecule has 5 nitrogen and oxygen atoms in total. The molecule has 0 spiro atoms. The van der Waals surface area contributed by atoms with Gasteiger partial charge in [0.25, 0.3) is 0 Å². The molecule has 1 aliphatic carbocycles. The number of amidine groups is 1. The second-order valence-corrected chi connectivity index (χ2v) is 8.71. The molecule has 2 aliphatic rings. The van der Waals surface area contributed by atoms with Gasteiger partial charge in [-0.2, -0.15) is 0 Å². The number of pyridine rings is 1. The van der Waals surface area contributed by atoms with Gasteiger partial charge in [0.1, 0.15) is 17.2 Å². The van der Waals surface area contributed by atoms with E-state index >= 15 is 0 Å². The van der Waals surface area contributed by atoms with Crippen LogP contribution < -0.4 is 5.73 Å². The van der Waals surface area contributed by atoms with Gasteiger partial charge in [-0.3, -0.25) is 4.98 Å². The van der Waals surface area contributed by atoms with E-state index < -0.39 is 27.9 Å². The molecule has 4 rings (SSSR count). The second-order valence-electron chi connectivity index (χ2n) is 7.00. The predicted octanol–water partition coefficient (Wildman–Crippen LogP) is 4.47. The first-order chi connectivity index (χ1) is 14.2. The Balaban J connectivity index is 1.74. The Kier molecular flexibility index (Phi) is 4.94. The van der Waals surface area contributed by atoms with Crippen LogP contribution in [0.2, 0.25) is 5.02 Å². The molecule has 9 heteroatoms. The number of thioether (sulfide) groups is 1. The summed E-state index contributed by atoms with van der Waals surface area (Å²) in [6.45, 7) is 1.67. The largest absolute Gasteiger partial charge is 0.467 e. The van der Waals surface area contributed by atoms with Crippen molar-refractivity contribution in [1.82, 2.24) is 4.98 Å². The Hall–Kier alpha value is -2.71. The lowest BCUT2D eigenvalue weighted by atomic mass is 9.86. The highest BCUT2D eigenvalue weighted by Crippen LogP contribution is 2.60.